The third kappa shape index (κ3) is 2.14. The molecule has 0 aliphatic carbocycles. The van der Waals surface area contributed by atoms with E-state index in [1.54, 1.807) is 30.0 Å². The third-order valence-electron chi connectivity index (χ3n) is 2.88. The summed E-state index contributed by atoms with van der Waals surface area (Å²) in [6.45, 7) is 2.60. The molecule has 1 aromatic carbocycles. The fraction of sp³-hybridized carbons (Fsp3) is 0.333. The molecule has 1 heterocycles. The van der Waals surface area contributed by atoms with Crippen molar-refractivity contribution in [1.29, 1.82) is 0 Å². The second-order valence-electron chi connectivity index (χ2n) is 4.27. The Balaban J connectivity index is 2.22. The summed E-state index contributed by atoms with van der Waals surface area (Å²) in [5, 5.41) is 8.88. The van der Waals surface area contributed by atoms with Gasteiger partial charge in [0, 0.05) is 13.1 Å². The first-order valence-electron chi connectivity index (χ1n) is 5.38. The number of carboxylic acids is 1. The van der Waals surface area contributed by atoms with Gasteiger partial charge in [0.2, 0.25) is 5.91 Å². The minimum absolute atomic E-state index is 0.113. The zero-order chi connectivity index (χ0) is 12.6. The quantitative estimate of drug-likeness (QED) is 0.783. The fourth-order valence-corrected chi connectivity index (χ4v) is 1.97. The summed E-state index contributed by atoms with van der Waals surface area (Å²) in [7, 11) is 0. The lowest BCUT2D eigenvalue weighted by atomic mass is 10.1. The summed E-state index contributed by atoms with van der Waals surface area (Å²) in [5.41, 5.74) is 7.67. The van der Waals surface area contributed by atoms with Crippen LogP contribution < -0.4 is 5.73 Å². The highest BCUT2D eigenvalue weighted by Gasteiger charge is 2.25. The highest BCUT2D eigenvalue weighted by Crippen LogP contribution is 2.24. The maximum absolute atomic E-state index is 11.7. The normalized spacial score (nSPS) is 15.5. The maximum atomic E-state index is 11.7. The van der Waals surface area contributed by atoms with Crippen LogP contribution in [-0.4, -0.2) is 27.9 Å². The van der Waals surface area contributed by atoms with Crippen LogP contribution in [0.1, 0.15) is 28.4 Å². The second kappa shape index (κ2) is 4.18. The van der Waals surface area contributed by atoms with E-state index in [4.69, 9.17) is 10.8 Å². The Morgan fingerprint density at radius 1 is 1.35 bits per heavy atom. The molecule has 0 aromatic heterocycles. The summed E-state index contributed by atoms with van der Waals surface area (Å²) in [4.78, 5) is 24.2. The van der Waals surface area contributed by atoms with Gasteiger partial charge in [-0.3, -0.25) is 4.79 Å². The van der Waals surface area contributed by atoms with Crippen LogP contribution in [0.5, 0.6) is 0 Å². The molecule has 1 aromatic rings. The van der Waals surface area contributed by atoms with E-state index in [2.05, 4.69) is 0 Å². The zero-order valence-electron chi connectivity index (χ0n) is 9.51. The van der Waals surface area contributed by atoms with E-state index in [1.807, 2.05) is 0 Å². The molecule has 1 atom stereocenters. The van der Waals surface area contributed by atoms with Crippen molar-refractivity contribution >= 4 is 11.9 Å². The molecule has 1 amide bonds. The van der Waals surface area contributed by atoms with Crippen LogP contribution in [0, 0.1) is 0 Å². The van der Waals surface area contributed by atoms with Crippen LogP contribution in [0.4, 0.5) is 0 Å². The molecule has 5 heteroatoms. The fourth-order valence-electron chi connectivity index (χ4n) is 1.97. The number of carbonyl (C=O) groups is 2. The van der Waals surface area contributed by atoms with E-state index in [9.17, 15) is 9.59 Å². The van der Waals surface area contributed by atoms with Crippen LogP contribution in [0.3, 0.4) is 0 Å². The van der Waals surface area contributed by atoms with Gasteiger partial charge in [0.1, 0.15) is 0 Å². The van der Waals surface area contributed by atoms with Crippen LogP contribution in [0.25, 0.3) is 0 Å². The zero-order valence-corrected chi connectivity index (χ0v) is 9.51. The standard InChI is InChI=1S/C12H14N2O3/c1-7(13)11(15)14-5-9-3-2-8(12(16)17)4-10(9)6-14/h2-4,7H,5-6,13H2,1H3,(H,16,17). The predicted molar refractivity (Wildman–Crippen MR) is 61.3 cm³/mol. The molecule has 0 fully saturated rings. The maximum Gasteiger partial charge on any atom is 0.335 e. The number of nitrogens with zero attached hydrogens (tertiary/aromatic N) is 1. The molecule has 0 spiro atoms. The van der Waals surface area contributed by atoms with Crippen molar-refractivity contribution in [3.63, 3.8) is 0 Å². The average Bonchev–Trinajstić information content (AvgIpc) is 2.69. The number of hydrogen-bond donors (Lipinski definition) is 2. The number of benzene rings is 1. The lowest BCUT2D eigenvalue weighted by Gasteiger charge is -2.17. The molecule has 2 rings (SSSR count). The SMILES string of the molecule is CC(N)C(=O)N1Cc2ccc(C(=O)O)cc2C1. The van der Waals surface area contributed by atoms with Crippen LogP contribution in [0.15, 0.2) is 18.2 Å². The number of carboxylic acid groups (broad SMARTS) is 1. The van der Waals surface area contributed by atoms with E-state index < -0.39 is 12.0 Å². The first-order chi connectivity index (χ1) is 7.99. The van der Waals surface area contributed by atoms with Gasteiger partial charge in [-0.25, -0.2) is 4.79 Å². The average molecular weight is 234 g/mol. The number of hydrogen-bond acceptors (Lipinski definition) is 3. The molecule has 1 aliphatic rings. The highest BCUT2D eigenvalue weighted by atomic mass is 16.4. The van der Waals surface area contributed by atoms with Crippen LogP contribution >= 0.6 is 0 Å². The topological polar surface area (TPSA) is 83.6 Å². The monoisotopic (exact) mass is 234 g/mol. The third-order valence-corrected chi connectivity index (χ3v) is 2.88. The van der Waals surface area contributed by atoms with Gasteiger partial charge in [-0.1, -0.05) is 6.07 Å². The number of nitrogens with two attached hydrogens (primary N) is 1. The van der Waals surface area contributed by atoms with Gasteiger partial charge < -0.3 is 15.7 Å². The Kier molecular flexibility index (Phi) is 2.85. The first kappa shape index (κ1) is 11.6. The Morgan fingerprint density at radius 2 is 2.00 bits per heavy atom. The molecule has 0 radical (unpaired) electrons. The number of aromatic carboxylic acids is 1. The lowest BCUT2D eigenvalue weighted by Crippen LogP contribution is -2.38. The van der Waals surface area contributed by atoms with E-state index >= 15 is 0 Å². The smallest absolute Gasteiger partial charge is 0.335 e. The molecule has 90 valence electrons. The van der Waals surface area contributed by atoms with Crippen molar-refractivity contribution < 1.29 is 14.7 Å². The largest absolute Gasteiger partial charge is 0.478 e. The number of amides is 1. The molecule has 3 N–H and O–H groups in total. The molecule has 1 unspecified atom stereocenters. The van der Waals surface area contributed by atoms with Gasteiger partial charge in [0.25, 0.3) is 0 Å². The minimum Gasteiger partial charge on any atom is -0.478 e. The minimum atomic E-state index is -0.954. The number of rotatable bonds is 2. The molecule has 0 saturated heterocycles. The summed E-state index contributed by atoms with van der Waals surface area (Å²) in [5.74, 6) is -1.07. The van der Waals surface area contributed by atoms with Crippen molar-refractivity contribution in [2.45, 2.75) is 26.1 Å². The Hall–Kier alpha value is -1.88. The van der Waals surface area contributed by atoms with Crippen molar-refractivity contribution in [1.82, 2.24) is 4.90 Å². The molecular formula is C12H14N2O3. The molecule has 0 bridgehead atoms. The molecular weight excluding hydrogens is 220 g/mol. The van der Waals surface area contributed by atoms with E-state index in [0.717, 1.165) is 11.1 Å². The van der Waals surface area contributed by atoms with Gasteiger partial charge >= 0.3 is 5.97 Å². The van der Waals surface area contributed by atoms with Gasteiger partial charge in [0.05, 0.1) is 11.6 Å². The highest BCUT2D eigenvalue weighted by molar-refractivity contribution is 5.88. The molecule has 1 aliphatic heterocycles. The Morgan fingerprint density at radius 3 is 2.59 bits per heavy atom. The number of carbonyl (C=O) groups excluding carboxylic acids is 1. The Labute approximate surface area is 98.8 Å². The number of fused-ring (bicyclic) bond motifs is 1. The molecule has 5 nitrogen and oxygen atoms in total. The summed E-state index contributed by atoms with van der Waals surface area (Å²) in [6, 6.07) is 4.41. The van der Waals surface area contributed by atoms with E-state index in [-0.39, 0.29) is 11.5 Å². The van der Waals surface area contributed by atoms with Crippen LogP contribution in [-0.2, 0) is 17.9 Å². The lowest BCUT2D eigenvalue weighted by molar-refractivity contribution is -0.132. The molecule has 17 heavy (non-hydrogen) atoms. The van der Waals surface area contributed by atoms with E-state index in [0.29, 0.717) is 13.1 Å². The van der Waals surface area contributed by atoms with Crippen molar-refractivity contribution in [2.24, 2.45) is 5.73 Å². The van der Waals surface area contributed by atoms with Crippen LogP contribution in [0.2, 0.25) is 0 Å². The summed E-state index contributed by atoms with van der Waals surface area (Å²) >= 11 is 0. The van der Waals surface area contributed by atoms with Crippen molar-refractivity contribution in [3.05, 3.63) is 34.9 Å². The van der Waals surface area contributed by atoms with Crippen molar-refractivity contribution in [2.75, 3.05) is 0 Å². The summed E-state index contributed by atoms with van der Waals surface area (Å²) in [6.07, 6.45) is 0. The molecule has 0 saturated carbocycles. The van der Waals surface area contributed by atoms with Gasteiger partial charge in [-0.15, -0.1) is 0 Å². The van der Waals surface area contributed by atoms with Gasteiger partial charge in [-0.05, 0) is 30.2 Å². The second-order valence-corrected chi connectivity index (χ2v) is 4.27. The van der Waals surface area contributed by atoms with Gasteiger partial charge in [0.15, 0.2) is 0 Å². The predicted octanol–water partition coefficient (Wildman–Crippen LogP) is 0.574. The first-order valence-corrected chi connectivity index (χ1v) is 5.38. The van der Waals surface area contributed by atoms with Gasteiger partial charge in [-0.2, -0.15) is 0 Å². The van der Waals surface area contributed by atoms with Crippen molar-refractivity contribution in [3.8, 4) is 0 Å². The van der Waals surface area contributed by atoms with E-state index in [1.165, 1.54) is 0 Å². The Bertz CT molecular complexity index is 483. The summed E-state index contributed by atoms with van der Waals surface area (Å²) < 4.78 is 0.